The molecule has 2 heterocycles. The molecule has 0 unspecified atom stereocenters. The van der Waals surface area contributed by atoms with E-state index in [0.717, 1.165) is 23.0 Å². The number of aromatic nitrogens is 1. The third kappa shape index (κ3) is 2.96. The average molecular weight is 250 g/mol. The van der Waals surface area contributed by atoms with Gasteiger partial charge in [-0.05, 0) is 25.5 Å². The molecule has 0 spiro atoms. The summed E-state index contributed by atoms with van der Waals surface area (Å²) in [4.78, 5) is 6.91. The van der Waals surface area contributed by atoms with Crippen molar-refractivity contribution in [2.75, 3.05) is 0 Å². The lowest BCUT2D eigenvalue weighted by Gasteiger charge is -2.03. The Morgan fingerprint density at radius 3 is 2.76 bits per heavy atom. The van der Waals surface area contributed by atoms with Crippen molar-refractivity contribution in [2.24, 2.45) is 0 Å². The lowest BCUT2D eigenvalue weighted by atomic mass is 10.3. The summed E-state index contributed by atoms with van der Waals surface area (Å²) >= 11 is 1.73. The van der Waals surface area contributed by atoms with Gasteiger partial charge in [0.05, 0.1) is 10.6 Å². The molecule has 0 aromatic carbocycles. The van der Waals surface area contributed by atoms with Gasteiger partial charge in [0.25, 0.3) is 0 Å². The Bertz CT molecular complexity index is 480. The highest BCUT2D eigenvalue weighted by Crippen LogP contribution is 2.29. The molecule has 0 amide bonds. The Kier molecular flexibility index (Phi) is 3.64. The van der Waals surface area contributed by atoms with Gasteiger partial charge in [0.1, 0.15) is 6.26 Å². The summed E-state index contributed by atoms with van der Waals surface area (Å²) in [6.07, 6.45) is 1.73. The van der Waals surface area contributed by atoms with Crippen LogP contribution >= 0.6 is 11.3 Å². The first-order valence-electron chi connectivity index (χ1n) is 5.81. The van der Waals surface area contributed by atoms with Gasteiger partial charge in [-0.3, -0.25) is 0 Å². The van der Waals surface area contributed by atoms with E-state index in [9.17, 15) is 0 Å². The molecule has 3 nitrogen and oxygen atoms in total. The van der Waals surface area contributed by atoms with Crippen molar-refractivity contribution < 1.29 is 4.42 Å². The van der Waals surface area contributed by atoms with Gasteiger partial charge in [-0.25, -0.2) is 4.98 Å². The number of oxazole rings is 1. The molecule has 0 aliphatic carbocycles. The molecule has 0 aliphatic heterocycles. The first-order chi connectivity index (χ1) is 8.06. The van der Waals surface area contributed by atoms with Gasteiger partial charge < -0.3 is 9.73 Å². The van der Waals surface area contributed by atoms with Gasteiger partial charge in [-0.2, -0.15) is 0 Å². The molecule has 92 valence electrons. The van der Waals surface area contributed by atoms with E-state index in [4.69, 9.17) is 4.42 Å². The van der Waals surface area contributed by atoms with Crippen LogP contribution in [0.15, 0.2) is 16.7 Å². The third-order valence-corrected chi connectivity index (χ3v) is 3.76. The number of thiophene rings is 1. The van der Waals surface area contributed by atoms with E-state index >= 15 is 0 Å². The fourth-order valence-corrected chi connectivity index (χ4v) is 2.46. The van der Waals surface area contributed by atoms with Crippen LogP contribution in [0.5, 0.6) is 0 Å². The Labute approximate surface area is 106 Å². The molecule has 1 N–H and O–H groups in total. The second-order valence-corrected chi connectivity index (χ2v) is 5.79. The molecule has 17 heavy (non-hydrogen) atoms. The van der Waals surface area contributed by atoms with Crippen LogP contribution in [0.1, 0.15) is 30.0 Å². The highest BCUT2D eigenvalue weighted by Gasteiger charge is 2.10. The Morgan fingerprint density at radius 2 is 2.18 bits per heavy atom. The fourth-order valence-electron chi connectivity index (χ4n) is 1.49. The maximum atomic E-state index is 5.51. The molecule has 0 radical (unpaired) electrons. The maximum absolute atomic E-state index is 5.51. The van der Waals surface area contributed by atoms with E-state index in [0.29, 0.717) is 6.04 Å². The number of nitrogens with one attached hydrogen (secondary N) is 1. The SMILES string of the molecule is Cc1cc(-c2nc(CNC(C)C)co2)sc1C. The van der Waals surface area contributed by atoms with Gasteiger partial charge >= 0.3 is 0 Å². The van der Waals surface area contributed by atoms with E-state index in [1.807, 2.05) is 0 Å². The monoisotopic (exact) mass is 250 g/mol. The van der Waals surface area contributed by atoms with Gasteiger partial charge in [0.2, 0.25) is 5.89 Å². The van der Waals surface area contributed by atoms with Crippen molar-refractivity contribution in [3.63, 3.8) is 0 Å². The minimum atomic E-state index is 0.460. The van der Waals surface area contributed by atoms with Crippen LogP contribution in [0.3, 0.4) is 0 Å². The summed E-state index contributed by atoms with van der Waals surface area (Å²) < 4.78 is 5.51. The zero-order valence-electron chi connectivity index (χ0n) is 10.7. The molecule has 2 aromatic heterocycles. The normalized spacial score (nSPS) is 11.4. The number of nitrogens with zero attached hydrogens (tertiary/aromatic N) is 1. The predicted molar refractivity (Wildman–Crippen MR) is 71.3 cm³/mol. The Balaban J connectivity index is 2.12. The summed E-state index contributed by atoms with van der Waals surface area (Å²) in [5, 5.41) is 3.32. The van der Waals surface area contributed by atoms with Gasteiger partial charge in [0.15, 0.2) is 0 Å². The van der Waals surface area contributed by atoms with Crippen molar-refractivity contribution in [2.45, 2.75) is 40.3 Å². The van der Waals surface area contributed by atoms with Crippen molar-refractivity contribution in [3.05, 3.63) is 28.5 Å². The predicted octanol–water partition coefficient (Wildman–Crippen LogP) is 3.52. The molecule has 2 aromatic rings. The van der Waals surface area contributed by atoms with Crippen molar-refractivity contribution in [1.29, 1.82) is 0 Å². The highest BCUT2D eigenvalue weighted by atomic mass is 32.1. The smallest absolute Gasteiger partial charge is 0.236 e. The number of rotatable bonds is 4. The fraction of sp³-hybridized carbons (Fsp3) is 0.462. The minimum Gasteiger partial charge on any atom is -0.444 e. The first-order valence-corrected chi connectivity index (χ1v) is 6.63. The van der Waals surface area contributed by atoms with Crippen LogP contribution < -0.4 is 5.32 Å². The highest BCUT2D eigenvalue weighted by molar-refractivity contribution is 7.15. The third-order valence-electron chi connectivity index (χ3n) is 2.62. The largest absolute Gasteiger partial charge is 0.444 e. The van der Waals surface area contributed by atoms with Crippen LogP contribution in [0.4, 0.5) is 0 Å². The minimum absolute atomic E-state index is 0.460. The maximum Gasteiger partial charge on any atom is 0.236 e. The summed E-state index contributed by atoms with van der Waals surface area (Å²) in [6, 6.07) is 2.59. The second kappa shape index (κ2) is 5.02. The molecule has 0 saturated heterocycles. The Morgan fingerprint density at radius 1 is 1.41 bits per heavy atom. The van der Waals surface area contributed by atoms with Crippen molar-refractivity contribution >= 4 is 11.3 Å². The molecule has 0 fully saturated rings. The summed E-state index contributed by atoms with van der Waals surface area (Å²) in [6.45, 7) is 9.22. The van der Waals surface area contributed by atoms with Crippen molar-refractivity contribution in [3.8, 4) is 10.8 Å². The van der Waals surface area contributed by atoms with Gasteiger partial charge in [-0.1, -0.05) is 13.8 Å². The molecule has 4 heteroatoms. The van der Waals surface area contributed by atoms with Crippen molar-refractivity contribution in [1.82, 2.24) is 10.3 Å². The topological polar surface area (TPSA) is 38.1 Å². The van der Waals surface area contributed by atoms with E-state index in [1.165, 1.54) is 10.4 Å². The number of hydrogen-bond donors (Lipinski definition) is 1. The van der Waals surface area contributed by atoms with E-state index < -0.39 is 0 Å². The molecule has 0 bridgehead atoms. The van der Waals surface area contributed by atoms with Crippen LogP contribution in [0, 0.1) is 13.8 Å². The van der Waals surface area contributed by atoms with Gasteiger partial charge in [-0.15, -0.1) is 11.3 Å². The zero-order chi connectivity index (χ0) is 12.4. The number of aryl methyl sites for hydroxylation is 2. The molecular weight excluding hydrogens is 232 g/mol. The van der Waals surface area contributed by atoms with Crippen LogP contribution in [-0.4, -0.2) is 11.0 Å². The molecular formula is C13H18N2OS. The summed E-state index contributed by atoms with van der Waals surface area (Å²) in [5.74, 6) is 0.728. The molecule has 0 saturated carbocycles. The average Bonchev–Trinajstić information content (AvgIpc) is 2.84. The Hall–Kier alpha value is -1.13. The van der Waals surface area contributed by atoms with Gasteiger partial charge in [0, 0.05) is 17.5 Å². The molecule has 0 atom stereocenters. The first kappa shape index (κ1) is 12.3. The van der Waals surface area contributed by atoms with E-state index in [2.05, 4.69) is 44.1 Å². The number of hydrogen-bond acceptors (Lipinski definition) is 4. The summed E-state index contributed by atoms with van der Waals surface area (Å²) in [7, 11) is 0. The quantitative estimate of drug-likeness (QED) is 0.902. The van der Waals surface area contributed by atoms with Crippen LogP contribution in [0.25, 0.3) is 10.8 Å². The zero-order valence-corrected chi connectivity index (χ0v) is 11.5. The van der Waals surface area contributed by atoms with Crippen LogP contribution in [-0.2, 0) is 6.54 Å². The lowest BCUT2D eigenvalue weighted by Crippen LogP contribution is -2.21. The molecule has 0 aliphatic rings. The standard InChI is InChI=1S/C13H18N2OS/c1-8(2)14-6-11-7-16-13(15-11)12-5-9(3)10(4)17-12/h5,7-8,14H,6H2,1-4H3. The van der Waals surface area contributed by atoms with E-state index in [1.54, 1.807) is 17.6 Å². The van der Waals surface area contributed by atoms with Crippen LogP contribution in [0.2, 0.25) is 0 Å². The second-order valence-electron chi connectivity index (χ2n) is 4.53. The molecule has 2 rings (SSSR count). The van der Waals surface area contributed by atoms with E-state index in [-0.39, 0.29) is 0 Å². The lowest BCUT2D eigenvalue weighted by molar-refractivity contribution is 0.561. The summed E-state index contributed by atoms with van der Waals surface area (Å²) in [5.41, 5.74) is 2.25.